The zero-order chi connectivity index (χ0) is 18.6. The van der Waals surface area contributed by atoms with Gasteiger partial charge in [0.15, 0.2) is 0 Å². The number of aromatic amines is 1. The van der Waals surface area contributed by atoms with Crippen LogP contribution >= 0.6 is 0 Å². The smallest absolute Gasteiger partial charge is 0.328 e. The van der Waals surface area contributed by atoms with Crippen LogP contribution in [0.15, 0.2) is 15.8 Å². The molecule has 1 heterocycles. The lowest BCUT2D eigenvalue weighted by molar-refractivity contribution is -0.145. The molecule has 8 heteroatoms. The zero-order valence-electron chi connectivity index (χ0n) is 14.8. The summed E-state index contributed by atoms with van der Waals surface area (Å²) in [5.74, 6) is -0.776. The fourth-order valence-corrected chi connectivity index (χ4v) is 3.01. The number of aromatic nitrogens is 2. The van der Waals surface area contributed by atoms with Gasteiger partial charge in [0.2, 0.25) is 0 Å². The van der Waals surface area contributed by atoms with Crippen molar-refractivity contribution in [3.63, 3.8) is 0 Å². The highest BCUT2D eigenvalue weighted by atomic mass is 16.5. The molecular formula is C17H24N2O6. The fraction of sp³-hybridized carbons (Fsp3) is 0.647. The van der Waals surface area contributed by atoms with E-state index in [2.05, 4.69) is 4.98 Å². The van der Waals surface area contributed by atoms with E-state index in [0.717, 1.165) is 6.42 Å². The minimum absolute atomic E-state index is 0.00389. The fourth-order valence-electron chi connectivity index (χ4n) is 3.01. The number of carbonyl (C=O) groups is 2. The molecule has 1 aromatic heterocycles. The highest BCUT2D eigenvalue weighted by Gasteiger charge is 2.56. The van der Waals surface area contributed by atoms with Gasteiger partial charge in [0, 0.05) is 43.5 Å². The van der Waals surface area contributed by atoms with E-state index in [4.69, 9.17) is 9.47 Å². The average molecular weight is 352 g/mol. The van der Waals surface area contributed by atoms with Crippen molar-refractivity contribution in [1.29, 1.82) is 0 Å². The number of rotatable bonds is 8. The van der Waals surface area contributed by atoms with Gasteiger partial charge in [-0.25, -0.2) is 4.79 Å². The molecule has 0 aromatic carbocycles. The molecule has 2 atom stereocenters. The molecular weight excluding hydrogens is 328 g/mol. The number of nitrogens with zero attached hydrogens (tertiary/aromatic N) is 1. The van der Waals surface area contributed by atoms with Crippen molar-refractivity contribution in [3.05, 3.63) is 32.6 Å². The molecule has 0 aliphatic heterocycles. The third-order valence-electron chi connectivity index (χ3n) is 4.50. The third-order valence-corrected chi connectivity index (χ3v) is 4.50. The second-order valence-electron chi connectivity index (χ2n) is 6.64. The maximum atomic E-state index is 12.1. The normalized spacial score (nSPS) is 21.6. The lowest BCUT2D eigenvalue weighted by Gasteiger charge is -2.19. The Morgan fingerprint density at radius 1 is 1.28 bits per heavy atom. The van der Waals surface area contributed by atoms with Crippen LogP contribution in [0.25, 0.3) is 0 Å². The van der Waals surface area contributed by atoms with Crippen LogP contribution in [0.1, 0.15) is 39.2 Å². The first-order valence-electron chi connectivity index (χ1n) is 8.37. The lowest BCUT2D eigenvalue weighted by Crippen LogP contribution is -2.35. The quantitative estimate of drug-likeness (QED) is 0.687. The molecule has 2 unspecified atom stereocenters. The van der Waals surface area contributed by atoms with Crippen molar-refractivity contribution in [2.24, 2.45) is 11.3 Å². The molecule has 0 saturated heterocycles. The molecule has 0 amide bonds. The van der Waals surface area contributed by atoms with Gasteiger partial charge in [-0.2, -0.15) is 0 Å². The molecule has 138 valence electrons. The minimum atomic E-state index is -0.495. The Morgan fingerprint density at radius 2 is 1.96 bits per heavy atom. The van der Waals surface area contributed by atoms with E-state index in [1.807, 2.05) is 6.92 Å². The van der Waals surface area contributed by atoms with Gasteiger partial charge in [-0.05, 0) is 12.8 Å². The SMILES string of the molecule is CCCc1cn(CC2(COC(C)=O)CC2COC(C)=O)c(=O)[nH]c1=O. The predicted octanol–water partition coefficient (Wildman–Crippen LogP) is 0.622. The molecule has 1 aromatic rings. The van der Waals surface area contributed by atoms with Crippen LogP contribution in [0.3, 0.4) is 0 Å². The van der Waals surface area contributed by atoms with Crippen LogP contribution in [-0.4, -0.2) is 34.7 Å². The number of carbonyl (C=O) groups excluding carboxylic acids is 2. The predicted molar refractivity (Wildman–Crippen MR) is 89.1 cm³/mol. The minimum Gasteiger partial charge on any atom is -0.466 e. The van der Waals surface area contributed by atoms with Crippen LogP contribution in [0, 0.1) is 11.3 Å². The second-order valence-corrected chi connectivity index (χ2v) is 6.64. The topological polar surface area (TPSA) is 107 Å². The first-order valence-corrected chi connectivity index (χ1v) is 8.37. The number of hydrogen-bond donors (Lipinski definition) is 1. The summed E-state index contributed by atoms with van der Waals surface area (Å²) in [6.45, 7) is 5.26. The number of H-pyrrole nitrogens is 1. The van der Waals surface area contributed by atoms with E-state index in [1.54, 1.807) is 6.20 Å². The summed E-state index contributed by atoms with van der Waals surface area (Å²) in [7, 11) is 0. The lowest BCUT2D eigenvalue weighted by atomic mass is 10.0. The van der Waals surface area contributed by atoms with Crippen LogP contribution in [-0.2, 0) is 32.0 Å². The second kappa shape index (κ2) is 7.67. The Labute approximate surface area is 145 Å². The van der Waals surface area contributed by atoms with Crippen LogP contribution in [0.2, 0.25) is 0 Å². The zero-order valence-corrected chi connectivity index (χ0v) is 14.8. The van der Waals surface area contributed by atoms with Gasteiger partial charge in [0.25, 0.3) is 5.56 Å². The highest BCUT2D eigenvalue weighted by Crippen LogP contribution is 2.54. The van der Waals surface area contributed by atoms with Crippen LogP contribution in [0.4, 0.5) is 0 Å². The largest absolute Gasteiger partial charge is 0.466 e. The van der Waals surface area contributed by atoms with E-state index in [0.29, 0.717) is 24.9 Å². The van der Waals surface area contributed by atoms with Gasteiger partial charge in [-0.3, -0.25) is 23.9 Å². The van der Waals surface area contributed by atoms with Crippen molar-refractivity contribution in [2.75, 3.05) is 13.2 Å². The molecule has 25 heavy (non-hydrogen) atoms. The Kier molecular flexibility index (Phi) is 5.81. The summed E-state index contributed by atoms with van der Waals surface area (Å²) in [4.78, 5) is 48.5. The first kappa shape index (κ1) is 19.0. The summed E-state index contributed by atoms with van der Waals surface area (Å²) in [6.07, 6.45) is 3.60. The molecule has 2 rings (SSSR count). The van der Waals surface area contributed by atoms with Gasteiger partial charge in [0.05, 0.1) is 13.2 Å². The molecule has 1 aliphatic rings. The summed E-state index contributed by atoms with van der Waals surface area (Å²) in [6, 6.07) is 0. The molecule has 8 nitrogen and oxygen atoms in total. The van der Waals surface area contributed by atoms with E-state index in [1.165, 1.54) is 18.4 Å². The van der Waals surface area contributed by atoms with Crippen molar-refractivity contribution in [1.82, 2.24) is 9.55 Å². The molecule has 1 saturated carbocycles. The van der Waals surface area contributed by atoms with Crippen molar-refractivity contribution in [2.45, 2.75) is 46.6 Å². The molecule has 0 radical (unpaired) electrons. The van der Waals surface area contributed by atoms with Crippen LogP contribution < -0.4 is 11.2 Å². The molecule has 1 aliphatic carbocycles. The third kappa shape index (κ3) is 4.80. The Morgan fingerprint density at radius 3 is 2.56 bits per heavy atom. The number of aryl methyl sites for hydroxylation is 1. The van der Waals surface area contributed by atoms with E-state index < -0.39 is 17.1 Å². The maximum Gasteiger partial charge on any atom is 0.328 e. The highest BCUT2D eigenvalue weighted by molar-refractivity contribution is 5.66. The van der Waals surface area contributed by atoms with Crippen LogP contribution in [0.5, 0.6) is 0 Å². The van der Waals surface area contributed by atoms with Crippen molar-refractivity contribution >= 4 is 11.9 Å². The standard InChI is InChI=1S/C17H24N2O6/c1-4-5-13-7-19(16(23)18-15(13)22)9-17(10-25-12(3)21)6-14(17)8-24-11(2)20/h7,14H,4-6,8-10H2,1-3H3,(H,18,22,23). The maximum absolute atomic E-state index is 12.1. The molecule has 1 fully saturated rings. The summed E-state index contributed by atoms with van der Waals surface area (Å²) >= 11 is 0. The van der Waals surface area contributed by atoms with Gasteiger partial charge < -0.3 is 9.47 Å². The van der Waals surface area contributed by atoms with Gasteiger partial charge in [-0.1, -0.05) is 13.3 Å². The summed E-state index contributed by atoms with van der Waals surface area (Å²) in [5.41, 5.74) is -0.788. The Hall–Kier alpha value is -2.38. The number of esters is 2. The van der Waals surface area contributed by atoms with Crippen molar-refractivity contribution in [3.8, 4) is 0 Å². The summed E-state index contributed by atoms with van der Waals surface area (Å²) in [5, 5.41) is 0. The van der Waals surface area contributed by atoms with E-state index >= 15 is 0 Å². The van der Waals surface area contributed by atoms with E-state index in [-0.39, 0.29) is 30.7 Å². The molecule has 0 bridgehead atoms. The number of hydrogen-bond acceptors (Lipinski definition) is 6. The first-order chi connectivity index (χ1) is 11.8. The monoisotopic (exact) mass is 352 g/mol. The van der Waals surface area contributed by atoms with Gasteiger partial charge in [-0.15, -0.1) is 0 Å². The van der Waals surface area contributed by atoms with Crippen molar-refractivity contribution < 1.29 is 19.1 Å². The molecule has 1 N–H and O–H groups in total. The van der Waals surface area contributed by atoms with Gasteiger partial charge >= 0.3 is 17.6 Å². The molecule has 0 spiro atoms. The van der Waals surface area contributed by atoms with Gasteiger partial charge in [0.1, 0.15) is 0 Å². The number of ether oxygens (including phenoxy) is 2. The average Bonchev–Trinajstić information content (AvgIpc) is 3.21. The summed E-state index contributed by atoms with van der Waals surface area (Å²) < 4.78 is 11.7. The Bertz CT molecular complexity index is 765. The number of nitrogens with one attached hydrogen (secondary N) is 1. The van der Waals surface area contributed by atoms with E-state index in [9.17, 15) is 19.2 Å². The Balaban J connectivity index is 2.21.